The van der Waals surface area contributed by atoms with Crippen LogP contribution in [0.2, 0.25) is 0 Å². The molecule has 1 spiro atoms. The van der Waals surface area contributed by atoms with Gasteiger partial charge in [-0.3, -0.25) is 9.98 Å². The lowest BCUT2D eigenvalue weighted by atomic mass is 9.76. The van der Waals surface area contributed by atoms with Gasteiger partial charge in [-0.15, -0.1) is 0 Å². The average molecular weight is 1350 g/mol. The van der Waals surface area contributed by atoms with E-state index in [1.54, 1.807) is 6.26 Å². The lowest BCUT2D eigenvalue weighted by Crippen LogP contribution is -2.39. The van der Waals surface area contributed by atoms with Crippen LogP contribution in [-0.4, -0.2) is 42.8 Å². The minimum Gasteiger partial charge on any atom is -0.497 e. The highest BCUT2D eigenvalue weighted by atomic mass is 16.7. The molecule has 2 aromatic rings. The second kappa shape index (κ2) is 31.1. The van der Waals surface area contributed by atoms with Gasteiger partial charge >= 0.3 is 5.76 Å². The summed E-state index contributed by atoms with van der Waals surface area (Å²) in [7, 11) is 0. The summed E-state index contributed by atoms with van der Waals surface area (Å²) in [6, 6.07) is 2.08. The van der Waals surface area contributed by atoms with Gasteiger partial charge in [0.05, 0.1) is 44.0 Å². The molecule has 0 unspecified atom stereocenters. The Labute approximate surface area is 597 Å². The number of nitrogens with zero attached hydrogens (tertiary/aromatic N) is 3. The van der Waals surface area contributed by atoms with Gasteiger partial charge in [-0.25, -0.2) is 4.79 Å². The van der Waals surface area contributed by atoms with Crippen molar-refractivity contribution in [2.75, 3.05) is 26.4 Å². The van der Waals surface area contributed by atoms with Crippen LogP contribution >= 0.6 is 0 Å². The van der Waals surface area contributed by atoms with Crippen molar-refractivity contribution in [3.63, 3.8) is 0 Å². The van der Waals surface area contributed by atoms with E-state index in [2.05, 4.69) is 298 Å². The molecule has 8 rings (SSSR count). The summed E-state index contributed by atoms with van der Waals surface area (Å²) in [4.78, 5) is 18.7. The lowest BCUT2D eigenvalue weighted by molar-refractivity contribution is -0.212. The molecule has 558 valence electrons. The van der Waals surface area contributed by atoms with Crippen LogP contribution in [0.25, 0.3) is 0 Å². The molecule has 2 aromatic heterocycles. The average Bonchev–Trinajstić information content (AvgIpc) is 1.61. The van der Waals surface area contributed by atoms with Crippen molar-refractivity contribution in [1.29, 1.82) is 0 Å². The molecule has 6 aliphatic rings. The Morgan fingerprint density at radius 3 is 1.11 bits per heavy atom. The first-order valence-electron chi connectivity index (χ1n) is 36.8. The molecule has 0 saturated heterocycles. The van der Waals surface area contributed by atoms with E-state index in [1.807, 2.05) is 20.8 Å². The van der Waals surface area contributed by atoms with E-state index in [9.17, 15) is 4.79 Å². The molecule has 0 radical (unpaired) electrons. The van der Waals surface area contributed by atoms with Gasteiger partial charge in [0.1, 0.15) is 28.8 Å². The summed E-state index contributed by atoms with van der Waals surface area (Å²) >= 11 is 0. The molecule has 0 aromatic carbocycles. The Morgan fingerprint density at radius 1 is 0.423 bits per heavy atom. The van der Waals surface area contributed by atoms with Gasteiger partial charge in [-0.2, -0.15) is 10.2 Å². The van der Waals surface area contributed by atoms with Crippen LogP contribution in [0.1, 0.15) is 359 Å². The van der Waals surface area contributed by atoms with Gasteiger partial charge in [-0.05, 0) is 98.2 Å². The first-order chi connectivity index (χ1) is 42.8. The van der Waals surface area contributed by atoms with E-state index < -0.39 is 0 Å². The van der Waals surface area contributed by atoms with Gasteiger partial charge < -0.3 is 27.8 Å². The van der Waals surface area contributed by atoms with E-state index in [1.165, 1.54) is 75.6 Å². The molecule has 1 aliphatic carbocycles. The van der Waals surface area contributed by atoms with Crippen molar-refractivity contribution >= 4 is 5.71 Å². The smallest absolute Gasteiger partial charge is 0.416 e. The molecule has 5 aliphatic heterocycles. The van der Waals surface area contributed by atoms with Crippen LogP contribution in [0, 0.1) is 54.1 Å². The number of ether oxygens (including phenoxy) is 4. The minimum absolute atomic E-state index is 0.0295. The van der Waals surface area contributed by atoms with Crippen LogP contribution in [0.4, 0.5) is 0 Å². The molecule has 1 saturated carbocycles. The van der Waals surface area contributed by atoms with Crippen LogP contribution in [0.15, 0.2) is 97.7 Å². The third kappa shape index (κ3) is 26.5. The zero-order valence-electron chi connectivity index (χ0n) is 71.4. The molecule has 1 fully saturated rings. The summed E-state index contributed by atoms with van der Waals surface area (Å²) in [6.07, 6.45) is 8.52. The summed E-state index contributed by atoms with van der Waals surface area (Å²) in [5.74, 6) is 4.55. The number of H-pyrrole nitrogens is 1. The Hall–Kier alpha value is -4.38. The number of azo groups is 1. The van der Waals surface area contributed by atoms with Crippen molar-refractivity contribution in [2.45, 2.75) is 364 Å². The number of oxazole rings is 1. The number of allylic oxidation sites excluding steroid dienone is 7. The highest BCUT2D eigenvalue weighted by molar-refractivity contribution is 5.88. The summed E-state index contributed by atoms with van der Waals surface area (Å²) in [5, 5.41) is 8.39. The number of aliphatic imine (C=N–C) groups is 1. The number of furan rings is 1. The zero-order valence-corrected chi connectivity index (χ0v) is 71.4. The molecule has 1 N–H and O–H groups in total. The Balaban J connectivity index is 0.000000386. The van der Waals surface area contributed by atoms with Crippen molar-refractivity contribution in [3.8, 4) is 0 Å². The number of rotatable bonds is 0. The highest BCUT2D eigenvalue weighted by Crippen LogP contribution is 2.54. The zero-order chi connectivity index (χ0) is 76.3. The van der Waals surface area contributed by atoms with Crippen molar-refractivity contribution in [1.82, 2.24) is 4.98 Å². The van der Waals surface area contributed by atoms with Crippen LogP contribution in [-0.2, 0) is 40.6 Å². The molecule has 11 nitrogen and oxygen atoms in total. The Morgan fingerprint density at radius 2 is 0.835 bits per heavy atom. The fraction of sp³-hybridized carbons (Fsp3) is 0.791. The van der Waals surface area contributed by atoms with E-state index >= 15 is 0 Å². The topological polar surface area (TPSA) is 133 Å². The standard InChI is InChI=1S/C14H24O2.C13H23N.C13H24O.C12H22O.C12H20O.C11H20N2.C11H19NO2/c1-12(2,3)10-11(13(4,5)6)16-14(15-10)8-7-9-14;1-9-8-10(12(2,3)4)11(14-9)13(5,6)7;1-12(2,3)10-8-7-9-14-11(10)13(4,5)6;1-11(2,3)9-7-13-8-10(9)12(4,5)6;1-11(2,3)9-7-8-13-10(9)12(4,5)6;1-10(2,3)8-7-12-13-9(8)11(4,5)6;1-10(2,3)7-8(11(4,5)6)14-9(13)12-7/h7-9H2,1-6H3;8H2,1-7H3;7-9H2,1-6H3;7-8H2,1-6H3;7-8H,1-6H3;7H2,1-6H3;1-6H3,(H,12,13). The van der Waals surface area contributed by atoms with Gasteiger partial charge in [0, 0.05) is 74.0 Å². The third-order valence-electron chi connectivity index (χ3n) is 17.8. The van der Waals surface area contributed by atoms with E-state index in [4.69, 9.17) is 32.8 Å². The molecule has 11 heteroatoms. The molecular weight excluding hydrogens is 1200 g/mol. The summed E-state index contributed by atoms with van der Waals surface area (Å²) in [6.45, 7) is 98.1. The second-order valence-electron chi connectivity index (χ2n) is 42.8. The van der Waals surface area contributed by atoms with Gasteiger partial charge in [0.2, 0.25) is 0 Å². The lowest BCUT2D eigenvalue weighted by Gasteiger charge is -2.38. The van der Waals surface area contributed by atoms with Gasteiger partial charge in [-0.1, -0.05) is 291 Å². The number of nitrogens with one attached hydrogen (secondary N) is 1. The van der Waals surface area contributed by atoms with E-state index in [0.29, 0.717) is 0 Å². The largest absolute Gasteiger partial charge is 0.497 e. The molecule has 97 heavy (non-hydrogen) atoms. The maximum Gasteiger partial charge on any atom is 0.416 e. The predicted molar refractivity (Wildman–Crippen MR) is 415 cm³/mol. The molecular formula is C86H152N4O7. The van der Waals surface area contributed by atoms with Crippen LogP contribution in [0.5, 0.6) is 0 Å². The van der Waals surface area contributed by atoms with Crippen molar-refractivity contribution < 1.29 is 27.8 Å². The Kier molecular flexibility index (Phi) is 28.4. The molecule has 7 heterocycles. The number of hydrogen-bond acceptors (Lipinski definition) is 10. The fourth-order valence-electron chi connectivity index (χ4n) is 12.2. The van der Waals surface area contributed by atoms with Crippen molar-refractivity contribution in [2.24, 2.45) is 69.4 Å². The monoisotopic (exact) mass is 1350 g/mol. The first kappa shape index (κ1) is 88.7. The molecule has 0 amide bonds. The maximum atomic E-state index is 11.2. The van der Waals surface area contributed by atoms with E-state index in [0.717, 1.165) is 74.4 Å². The quantitative estimate of drug-likeness (QED) is 0.260. The minimum atomic E-state index is -0.361. The van der Waals surface area contributed by atoms with Gasteiger partial charge in [0.25, 0.3) is 5.79 Å². The summed E-state index contributed by atoms with van der Waals surface area (Å²) in [5.41, 5.74) is 15.2. The van der Waals surface area contributed by atoms with E-state index in [-0.39, 0.29) is 87.4 Å². The van der Waals surface area contributed by atoms with Crippen LogP contribution < -0.4 is 5.76 Å². The first-order valence-corrected chi connectivity index (χ1v) is 36.8. The third-order valence-corrected chi connectivity index (χ3v) is 17.8. The fourth-order valence-corrected chi connectivity index (χ4v) is 12.2. The second-order valence-corrected chi connectivity index (χ2v) is 42.8. The normalized spacial score (nSPS) is 18.4. The maximum absolute atomic E-state index is 11.2. The number of aromatic nitrogens is 1. The van der Waals surface area contributed by atoms with Crippen molar-refractivity contribution in [3.05, 3.63) is 102 Å². The molecule has 0 bridgehead atoms. The SMILES string of the molecule is CC(C)(C)C1=C(C(C)(C)C)COC1.CC(C)(C)C1=C(C(C)(C)C)N=NC1.CC(C)(C)C1=C(C(C)(C)C)OC2(CCC2)O1.CC(C)(C)C1=C(C(C)(C)C)OCCC1.CC(C)(C)c1[nH]c(=O)oc1C(C)(C)C.CC(C)(C)c1ccoc1C(C)(C)C.CC1=NC(C(C)(C)C)=C(C(C)(C)C)C1. The molecule has 0 atom stereocenters. The van der Waals surface area contributed by atoms with Crippen LogP contribution in [0.3, 0.4) is 0 Å². The highest BCUT2D eigenvalue weighted by Gasteiger charge is 2.52. The van der Waals surface area contributed by atoms with Gasteiger partial charge in [0.15, 0.2) is 0 Å². The number of aromatic amines is 1. The summed E-state index contributed by atoms with van der Waals surface area (Å²) < 4.78 is 34.5. The predicted octanol–water partition coefficient (Wildman–Crippen LogP) is 26.2. The Bertz CT molecular complexity index is 3050. The number of hydrogen-bond donors (Lipinski definition) is 1.